The molecule has 0 spiro atoms. The molecule has 0 unspecified atom stereocenters. The van der Waals surface area contributed by atoms with E-state index in [0.29, 0.717) is 17.7 Å². The molecule has 1 fully saturated rings. The highest BCUT2D eigenvalue weighted by molar-refractivity contribution is 6.30. The number of imide groups is 1. The first kappa shape index (κ1) is 13.5. The summed E-state index contributed by atoms with van der Waals surface area (Å²) in [6, 6.07) is 6.59. The van der Waals surface area contributed by atoms with Crippen LogP contribution in [0.3, 0.4) is 0 Å². The van der Waals surface area contributed by atoms with E-state index < -0.39 is 17.5 Å². The lowest BCUT2D eigenvalue weighted by Gasteiger charge is -2.19. The van der Waals surface area contributed by atoms with Crippen molar-refractivity contribution < 1.29 is 14.4 Å². The first-order chi connectivity index (χ1) is 8.98. The van der Waals surface area contributed by atoms with Gasteiger partial charge in [0, 0.05) is 12.1 Å². The van der Waals surface area contributed by atoms with E-state index >= 15 is 0 Å². The molecule has 1 aliphatic rings. The number of aryl methyl sites for hydroxylation is 1. The molecule has 1 atom stereocenters. The summed E-state index contributed by atoms with van der Waals surface area (Å²) in [7, 11) is 1.35. The van der Waals surface area contributed by atoms with Crippen LogP contribution in [0.4, 0.5) is 4.79 Å². The molecule has 1 aromatic carbocycles. The molecule has 2 rings (SSSR count). The Morgan fingerprint density at radius 2 is 1.95 bits per heavy atom. The molecular formula is C13H13ClN2O3. The highest BCUT2D eigenvalue weighted by Gasteiger charge is 2.49. The lowest BCUT2D eigenvalue weighted by atomic mass is 9.93. The predicted octanol–water partition coefficient (Wildman–Crippen LogP) is 1.39. The van der Waals surface area contributed by atoms with E-state index in [-0.39, 0.29) is 6.42 Å². The summed E-state index contributed by atoms with van der Waals surface area (Å²) in [5.74, 6) is -0.513. The Bertz CT molecular complexity index is 529. The number of hydrogen-bond acceptors (Lipinski definition) is 3. The van der Waals surface area contributed by atoms with Crippen LogP contribution in [0.15, 0.2) is 24.3 Å². The standard InChI is InChI=1S/C13H13ClN2O3/c1-16-11(18)13(8-17,15-12(16)19)7-6-9-2-4-10(14)5-3-9/h2-5,8H,6-7H2,1H3,(H,15,19)/t13-/m1/s1. The molecule has 6 heteroatoms. The Hall–Kier alpha value is -1.88. The second-order valence-electron chi connectivity index (χ2n) is 4.51. The number of aldehydes is 1. The van der Waals surface area contributed by atoms with Gasteiger partial charge < -0.3 is 10.1 Å². The number of halogens is 1. The minimum absolute atomic E-state index is 0.229. The summed E-state index contributed by atoms with van der Waals surface area (Å²) >= 11 is 5.78. The van der Waals surface area contributed by atoms with Crippen LogP contribution in [-0.4, -0.2) is 35.7 Å². The second-order valence-corrected chi connectivity index (χ2v) is 4.95. The van der Waals surface area contributed by atoms with Crippen molar-refractivity contribution in [2.75, 3.05) is 7.05 Å². The van der Waals surface area contributed by atoms with Gasteiger partial charge in [0.25, 0.3) is 5.91 Å². The molecule has 0 radical (unpaired) electrons. The van der Waals surface area contributed by atoms with Crippen LogP contribution in [0.25, 0.3) is 0 Å². The van der Waals surface area contributed by atoms with E-state index in [1.165, 1.54) is 7.05 Å². The first-order valence-electron chi connectivity index (χ1n) is 5.79. The molecule has 1 saturated heterocycles. The van der Waals surface area contributed by atoms with Gasteiger partial charge in [-0.3, -0.25) is 9.69 Å². The summed E-state index contributed by atoms with van der Waals surface area (Å²) in [5.41, 5.74) is -0.493. The summed E-state index contributed by atoms with van der Waals surface area (Å²) < 4.78 is 0. The van der Waals surface area contributed by atoms with Crippen LogP contribution in [-0.2, 0) is 16.0 Å². The molecule has 0 aromatic heterocycles. The smallest absolute Gasteiger partial charge is 0.317 e. The Morgan fingerprint density at radius 1 is 1.32 bits per heavy atom. The van der Waals surface area contributed by atoms with Gasteiger partial charge in [-0.05, 0) is 30.5 Å². The number of nitrogens with zero attached hydrogens (tertiary/aromatic N) is 1. The highest BCUT2D eigenvalue weighted by Crippen LogP contribution is 2.21. The molecule has 19 heavy (non-hydrogen) atoms. The van der Waals surface area contributed by atoms with Crippen LogP contribution in [0, 0.1) is 0 Å². The van der Waals surface area contributed by atoms with E-state index in [9.17, 15) is 14.4 Å². The van der Waals surface area contributed by atoms with Crippen molar-refractivity contribution in [2.24, 2.45) is 0 Å². The fourth-order valence-electron chi connectivity index (χ4n) is 2.02. The maximum absolute atomic E-state index is 11.9. The van der Waals surface area contributed by atoms with Crippen molar-refractivity contribution >= 4 is 29.8 Å². The van der Waals surface area contributed by atoms with Gasteiger partial charge >= 0.3 is 6.03 Å². The number of rotatable bonds is 4. The van der Waals surface area contributed by atoms with Gasteiger partial charge in [-0.2, -0.15) is 0 Å². The molecule has 5 nitrogen and oxygen atoms in total. The van der Waals surface area contributed by atoms with E-state index in [1.807, 2.05) is 12.1 Å². The Balaban J connectivity index is 2.12. The van der Waals surface area contributed by atoms with Crippen LogP contribution < -0.4 is 5.32 Å². The third-order valence-electron chi connectivity index (χ3n) is 3.24. The van der Waals surface area contributed by atoms with Crippen molar-refractivity contribution in [2.45, 2.75) is 18.4 Å². The molecule has 1 N–H and O–H groups in total. The third kappa shape index (κ3) is 2.46. The molecule has 1 heterocycles. The van der Waals surface area contributed by atoms with Crippen LogP contribution in [0.2, 0.25) is 5.02 Å². The normalized spacial score (nSPS) is 22.5. The molecule has 0 saturated carbocycles. The molecule has 100 valence electrons. The number of carbonyl (C=O) groups is 3. The minimum atomic E-state index is -1.44. The topological polar surface area (TPSA) is 66.5 Å². The zero-order valence-corrected chi connectivity index (χ0v) is 11.1. The minimum Gasteiger partial charge on any atom is -0.317 e. The van der Waals surface area contributed by atoms with Crippen LogP contribution in [0.1, 0.15) is 12.0 Å². The Labute approximate surface area is 115 Å². The Morgan fingerprint density at radius 3 is 2.42 bits per heavy atom. The maximum atomic E-state index is 11.9. The average Bonchev–Trinajstić information content (AvgIpc) is 2.63. The summed E-state index contributed by atoms with van der Waals surface area (Å²) in [6.07, 6.45) is 1.23. The molecule has 0 bridgehead atoms. The predicted molar refractivity (Wildman–Crippen MR) is 69.9 cm³/mol. The van der Waals surface area contributed by atoms with Gasteiger partial charge in [-0.15, -0.1) is 0 Å². The summed E-state index contributed by atoms with van der Waals surface area (Å²) in [4.78, 5) is 35.5. The molecule has 1 aliphatic heterocycles. The van der Waals surface area contributed by atoms with E-state index in [0.717, 1.165) is 10.5 Å². The summed E-state index contributed by atoms with van der Waals surface area (Å²) in [5, 5.41) is 3.07. The van der Waals surface area contributed by atoms with Crippen molar-refractivity contribution in [3.8, 4) is 0 Å². The van der Waals surface area contributed by atoms with Crippen molar-refractivity contribution in [1.29, 1.82) is 0 Å². The molecule has 1 aromatic rings. The van der Waals surface area contributed by atoms with E-state index in [4.69, 9.17) is 11.6 Å². The van der Waals surface area contributed by atoms with Gasteiger partial charge in [0.15, 0.2) is 11.8 Å². The van der Waals surface area contributed by atoms with Gasteiger partial charge in [-0.1, -0.05) is 23.7 Å². The number of amides is 3. The number of benzene rings is 1. The fourth-order valence-corrected chi connectivity index (χ4v) is 2.15. The lowest BCUT2D eigenvalue weighted by Crippen LogP contribution is -2.48. The summed E-state index contributed by atoms with van der Waals surface area (Å²) in [6.45, 7) is 0. The molecule has 0 aliphatic carbocycles. The highest BCUT2D eigenvalue weighted by atomic mass is 35.5. The largest absolute Gasteiger partial charge is 0.325 e. The lowest BCUT2D eigenvalue weighted by molar-refractivity contribution is -0.134. The maximum Gasteiger partial charge on any atom is 0.325 e. The van der Waals surface area contributed by atoms with Crippen LogP contribution in [0.5, 0.6) is 0 Å². The third-order valence-corrected chi connectivity index (χ3v) is 3.50. The van der Waals surface area contributed by atoms with E-state index in [2.05, 4.69) is 5.32 Å². The van der Waals surface area contributed by atoms with Gasteiger partial charge in [0.05, 0.1) is 0 Å². The number of carbonyl (C=O) groups excluding carboxylic acids is 3. The zero-order chi connectivity index (χ0) is 14.0. The number of nitrogens with one attached hydrogen (secondary N) is 1. The molecular weight excluding hydrogens is 268 g/mol. The quantitative estimate of drug-likeness (QED) is 0.515. The van der Waals surface area contributed by atoms with Gasteiger partial charge in [0.1, 0.15) is 0 Å². The zero-order valence-electron chi connectivity index (χ0n) is 10.4. The average molecular weight is 281 g/mol. The number of urea groups is 1. The second kappa shape index (κ2) is 5.01. The van der Waals surface area contributed by atoms with Crippen LogP contribution >= 0.6 is 11.6 Å². The number of likely N-dealkylation sites (N-methyl/N-ethyl adjacent to an activating group) is 1. The van der Waals surface area contributed by atoms with E-state index in [1.54, 1.807) is 12.1 Å². The molecule has 3 amide bonds. The monoisotopic (exact) mass is 280 g/mol. The number of hydrogen-bond donors (Lipinski definition) is 1. The van der Waals surface area contributed by atoms with Crippen molar-refractivity contribution in [1.82, 2.24) is 10.2 Å². The first-order valence-corrected chi connectivity index (χ1v) is 6.17. The fraction of sp³-hybridized carbons (Fsp3) is 0.308. The van der Waals surface area contributed by atoms with Gasteiger partial charge in [0.2, 0.25) is 0 Å². The Kier molecular flexibility index (Phi) is 3.57. The van der Waals surface area contributed by atoms with Gasteiger partial charge in [-0.25, -0.2) is 4.79 Å². The van der Waals surface area contributed by atoms with Crippen molar-refractivity contribution in [3.63, 3.8) is 0 Å². The SMILES string of the molecule is CN1C(=O)N[C@@](C=O)(CCc2ccc(Cl)cc2)C1=O. The van der Waals surface area contributed by atoms with Crippen molar-refractivity contribution in [3.05, 3.63) is 34.9 Å².